The SMILES string of the molecule is COc1ccc(C2/C(=C(\[O-])c3ccc(OC(C)C)c(F)c3)C(=O)C(=O)N2CCC[NH+]2CCOCC2)cc1OC. The molecule has 0 bridgehead atoms. The maximum absolute atomic E-state index is 14.8. The van der Waals surface area contributed by atoms with Crippen molar-refractivity contribution in [3.05, 3.63) is 58.9 Å². The average Bonchev–Trinajstić information content (AvgIpc) is 3.18. The number of methoxy groups -OCH3 is 2. The van der Waals surface area contributed by atoms with Crippen molar-refractivity contribution < 1.29 is 42.9 Å². The predicted molar refractivity (Wildman–Crippen MR) is 139 cm³/mol. The highest BCUT2D eigenvalue weighted by atomic mass is 19.1. The molecule has 0 radical (unpaired) electrons. The molecule has 210 valence electrons. The molecule has 0 aromatic heterocycles. The molecule has 4 rings (SSSR count). The van der Waals surface area contributed by atoms with Crippen LogP contribution in [-0.2, 0) is 14.3 Å². The second-order valence-corrected chi connectivity index (χ2v) is 9.87. The number of nitrogens with zero attached hydrogens (tertiary/aromatic N) is 1. The zero-order valence-electron chi connectivity index (χ0n) is 22.8. The molecule has 1 N–H and O–H groups in total. The van der Waals surface area contributed by atoms with Gasteiger partial charge in [0.2, 0.25) is 5.78 Å². The zero-order valence-corrected chi connectivity index (χ0v) is 22.8. The summed E-state index contributed by atoms with van der Waals surface area (Å²) in [5.74, 6) is -2.20. The van der Waals surface area contributed by atoms with E-state index in [9.17, 15) is 19.1 Å². The summed E-state index contributed by atoms with van der Waals surface area (Å²) in [7, 11) is 2.98. The Morgan fingerprint density at radius 3 is 2.41 bits per heavy atom. The summed E-state index contributed by atoms with van der Waals surface area (Å²) in [6.45, 7) is 7.74. The van der Waals surface area contributed by atoms with E-state index in [0.29, 0.717) is 36.7 Å². The van der Waals surface area contributed by atoms with E-state index < -0.39 is 29.3 Å². The van der Waals surface area contributed by atoms with Crippen LogP contribution in [0.4, 0.5) is 4.39 Å². The normalized spacial score (nSPS) is 19.5. The Morgan fingerprint density at radius 2 is 1.77 bits per heavy atom. The molecule has 0 spiro atoms. The van der Waals surface area contributed by atoms with Crippen molar-refractivity contribution in [2.75, 3.05) is 53.6 Å². The lowest BCUT2D eigenvalue weighted by atomic mass is 9.94. The van der Waals surface area contributed by atoms with Gasteiger partial charge >= 0.3 is 0 Å². The third kappa shape index (κ3) is 6.17. The molecule has 2 heterocycles. The number of ketones is 1. The fourth-order valence-corrected chi connectivity index (χ4v) is 5.03. The number of amides is 1. The Hall–Kier alpha value is -3.63. The van der Waals surface area contributed by atoms with E-state index in [1.54, 1.807) is 32.0 Å². The lowest BCUT2D eigenvalue weighted by molar-refractivity contribution is -0.908. The average molecular weight is 543 g/mol. The van der Waals surface area contributed by atoms with Gasteiger partial charge in [0.05, 0.1) is 46.1 Å². The lowest BCUT2D eigenvalue weighted by Gasteiger charge is -2.29. The van der Waals surface area contributed by atoms with Gasteiger partial charge in [-0.1, -0.05) is 17.9 Å². The van der Waals surface area contributed by atoms with E-state index in [-0.39, 0.29) is 29.5 Å². The van der Waals surface area contributed by atoms with Gasteiger partial charge in [-0.3, -0.25) is 9.59 Å². The third-order valence-electron chi connectivity index (χ3n) is 6.94. The molecule has 2 saturated heterocycles. The summed E-state index contributed by atoms with van der Waals surface area (Å²) in [5, 5.41) is 13.7. The fraction of sp³-hybridized carbons (Fsp3) is 0.448. The van der Waals surface area contributed by atoms with E-state index in [2.05, 4.69) is 0 Å². The summed E-state index contributed by atoms with van der Waals surface area (Å²) in [5.41, 5.74) is 0.266. The second-order valence-electron chi connectivity index (χ2n) is 9.87. The van der Waals surface area contributed by atoms with Crippen molar-refractivity contribution in [1.29, 1.82) is 0 Å². The second kappa shape index (κ2) is 12.5. The number of morpholine rings is 1. The molecule has 2 fully saturated rings. The van der Waals surface area contributed by atoms with Crippen LogP contribution in [0, 0.1) is 5.82 Å². The van der Waals surface area contributed by atoms with E-state index in [1.807, 2.05) is 0 Å². The smallest absolute Gasteiger partial charge is 0.295 e. The van der Waals surface area contributed by atoms with Gasteiger partial charge in [-0.15, -0.1) is 0 Å². The molecule has 2 aromatic carbocycles. The van der Waals surface area contributed by atoms with Gasteiger partial charge in [-0.05, 0) is 49.2 Å². The first-order chi connectivity index (χ1) is 18.7. The van der Waals surface area contributed by atoms with Crippen LogP contribution >= 0.6 is 0 Å². The van der Waals surface area contributed by atoms with Gasteiger partial charge in [0.15, 0.2) is 23.1 Å². The number of Topliss-reactive ketones (excluding diaryl/α,β-unsaturated/α-hetero) is 1. The number of hydrogen-bond acceptors (Lipinski definition) is 7. The zero-order chi connectivity index (χ0) is 28.1. The molecular formula is C29H35FN2O7. The van der Waals surface area contributed by atoms with Crippen LogP contribution in [0.2, 0.25) is 0 Å². The molecule has 9 nitrogen and oxygen atoms in total. The van der Waals surface area contributed by atoms with Crippen molar-refractivity contribution in [2.24, 2.45) is 0 Å². The van der Waals surface area contributed by atoms with Crippen molar-refractivity contribution in [1.82, 2.24) is 4.90 Å². The van der Waals surface area contributed by atoms with Gasteiger partial charge in [-0.25, -0.2) is 4.39 Å². The van der Waals surface area contributed by atoms with Crippen molar-refractivity contribution >= 4 is 17.4 Å². The standard InChI is InChI=1S/C29H35FN2O7/c1-18(2)39-22-8-7-20(16-21(22)30)27(33)25-26(19-6-9-23(36-3)24(17-19)37-4)32(29(35)28(25)34)11-5-10-31-12-14-38-15-13-31/h6-9,16-18,26,33H,5,10-15H2,1-4H3/b27-25+. The predicted octanol–water partition coefficient (Wildman–Crippen LogP) is 1.16. The Balaban J connectivity index is 1.73. The summed E-state index contributed by atoms with van der Waals surface area (Å²) >= 11 is 0. The first-order valence-electron chi connectivity index (χ1n) is 13.1. The molecule has 2 aliphatic heterocycles. The van der Waals surface area contributed by atoms with Crippen LogP contribution in [0.25, 0.3) is 5.76 Å². The van der Waals surface area contributed by atoms with Crippen LogP contribution < -0.4 is 24.2 Å². The minimum absolute atomic E-state index is 0.00375. The van der Waals surface area contributed by atoms with E-state index in [4.69, 9.17) is 18.9 Å². The molecule has 2 aliphatic rings. The van der Waals surface area contributed by atoms with Gasteiger partial charge in [0, 0.05) is 18.5 Å². The highest BCUT2D eigenvalue weighted by Gasteiger charge is 2.44. The minimum Gasteiger partial charge on any atom is -0.872 e. The molecule has 1 atom stereocenters. The fourth-order valence-electron chi connectivity index (χ4n) is 5.03. The van der Waals surface area contributed by atoms with E-state index >= 15 is 0 Å². The topological polar surface area (TPSA) is 102 Å². The number of rotatable bonds is 10. The van der Waals surface area contributed by atoms with Crippen LogP contribution in [0.15, 0.2) is 42.0 Å². The number of benzene rings is 2. The molecule has 1 amide bonds. The molecule has 2 aromatic rings. The number of quaternary nitrogens is 1. The quantitative estimate of drug-likeness (QED) is 0.273. The highest BCUT2D eigenvalue weighted by molar-refractivity contribution is 6.46. The van der Waals surface area contributed by atoms with Crippen LogP contribution in [-0.4, -0.2) is 76.3 Å². The van der Waals surface area contributed by atoms with Crippen LogP contribution in [0.1, 0.15) is 37.4 Å². The Morgan fingerprint density at radius 1 is 1.08 bits per heavy atom. The summed E-state index contributed by atoms with van der Waals surface area (Å²) in [4.78, 5) is 29.4. The van der Waals surface area contributed by atoms with Gasteiger partial charge in [0.25, 0.3) is 5.91 Å². The summed E-state index contributed by atoms with van der Waals surface area (Å²) < 4.78 is 36.4. The van der Waals surface area contributed by atoms with Crippen molar-refractivity contribution in [2.45, 2.75) is 32.4 Å². The molecule has 10 heteroatoms. The number of halogens is 1. The van der Waals surface area contributed by atoms with E-state index in [0.717, 1.165) is 25.7 Å². The maximum Gasteiger partial charge on any atom is 0.295 e. The van der Waals surface area contributed by atoms with Gasteiger partial charge in [-0.2, -0.15) is 0 Å². The summed E-state index contributed by atoms with van der Waals surface area (Å²) in [6.07, 6.45) is 0.377. The summed E-state index contributed by atoms with van der Waals surface area (Å²) in [6, 6.07) is 7.88. The number of carbonyl (C=O) groups is 2. The number of ether oxygens (including phenoxy) is 4. The number of carbonyl (C=O) groups excluding carboxylic acids is 2. The van der Waals surface area contributed by atoms with Gasteiger partial charge < -0.3 is 33.9 Å². The number of nitrogens with one attached hydrogen (secondary N) is 1. The maximum atomic E-state index is 14.8. The molecule has 1 unspecified atom stereocenters. The van der Waals surface area contributed by atoms with E-state index in [1.165, 1.54) is 36.2 Å². The molecular weight excluding hydrogens is 507 g/mol. The lowest BCUT2D eigenvalue weighted by Crippen LogP contribution is -3.14. The number of likely N-dealkylation sites (tertiary alicyclic amines) is 1. The first kappa shape index (κ1) is 28.4. The third-order valence-corrected chi connectivity index (χ3v) is 6.94. The van der Waals surface area contributed by atoms with Crippen molar-refractivity contribution in [3.8, 4) is 17.2 Å². The molecule has 39 heavy (non-hydrogen) atoms. The minimum atomic E-state index is -0.952. The molecule has 0 aliphatic carbocycles. The first-order valence-corrected chi connectivity index (χ1v) is 13.1. The van der Waals surface area contributed by atoms with Crippen molar-refractivity contribution in [3.63, 3.8) is 0 Å². The Kier molecular flexibility index (Phi) is 9.08. The largest absolute Gasteiger partial charge is 0.872 e. The Labute approximate surface area is 227 Å². The van der Waals surface area contributed by atoms with Crippen LogP contribution in [0.3, 0.4) is 0 Å². The van der Waals surface area contributed by atoms with Crippen LogP contribution in [0.5, 0.6) is 17.2 Å². The highest BCUT2D eigenvalue weighted by Crippen LogP contribution is 2.41. The Bertz CT molecular complexity index is 1240. The number of hydrogen-bond donors (Lipinski definition) is 1. The monoisotopic (exact) mass is 542 g/mol. The molecule has 0 saturated carbocycles. The van der Waals surface area contributed by atoms with Gasteiger partial charge in [0.1, 0.15) is 13.1 Å².